The van der Waals surface area contributed by atoms with Gasteiger partial charge in [0.1, 0.15) is 5.54 Å². The van der Waals surface area contributed by atoms with Crippen LogP contribution in [0.1, 0.15) is 24.8 Å². The molecule has 0 bridgehead atoms. The van der Waals surface area contributed by atoms with E-state index in [4.69, 9.17) is 4.74 Å². The maximum atomic E-state index is 12.1. The SMILES string of the molecule is COC(=O)C1(Cc2ccc(Br)cc2)CCCCN1. The van der Waals surface area contributed by atoms with Gasteiger partial charge in [-0.3, -0.25) is 4.79 Å². The van der Waals surface area contributed by atoms with E-state index in [2.05, 4.69) is 21.2 Å². The van der Waals surface area contributed by atoms with E-state index >= 15 is 0 Å². The summed E-state index contributed by atoms with van der Waals surface area (Å²) in [5.74, 6) is -0.148. The Hall–Kier alpha value is -0.870. The minimum atomic E-state index is -0.541. The van der Waals surface area contributed by atoms with Gasteiger partial charge >= 0.3 is 5.97 Å². The van der Waals surface area contributed by atoms with Gasteiger partial charge < -0.3 is 10.1 Å². The van der Waals surface area contributed by atoms with E-state index in [1.807, 2.05) is 24.3 Å². The van der Waals surface area contributed by atoms with Crippen molar-refractivity contribution in [3.05, 3.63) is 34.3 Å². The normalized spacial score (nSPS) is 23.7. The minimum Gasteiger partial charge on any atom is -0.468 e. The van der Waals surface area contributed by atoms with Crippen LogP contribution in [-0.4, -0.2) is 25.2 Å². The van der Waals surface area contributed by atoms with Gasteiger partial charge in [-0.2, -0.15) is 0 Å². The molecule has 1 unspecified atom stereocenters. The van der Waals surface area contributed by atoms with Crippen LogP contribution in [0, 0.1) is 0 Å². The van der Waals surface area contributed by atoms with Gasteiger partial charge in [0.15, 0.2) is 0 Å². The fraction of sp³-hybridized carbons (Fsp3) is 0.500. The minimum absolute atomic E-state index is 0.148. The fourth-order valence-corrected chi connectivity index (χ4v) is 2.78. The van der Waals surface area contributed by atoms with Crippen LogP contribution in [0.25, 0.3) is 0 Å². The van der Waals surface area contributed by atoms with E-state index in [1.165, 1.54) is 7.11 Å². The van der Waals surface area contributed by atoms with Gasteiger partial charge in [-0.1, -0.05) is 28.1 Å². The number of hydrogen-bond acceptors (Lipinski definition) is 3. The number of rotatable bonds is 3. The summed E-state index contributed by atoms with van der Waals surface area (Å²) in [6.07, 6.45) is 3.72. The van der Waals surface area contributed by atoms with Gasteiger partial charge in [-0.15, -0.1) is 0 Å². The average molecular weight is 312 g/mol. The molecule has 0 radical (unpaired) electrons. The number of methoxy groups -OCH3 is 1. The average Bonchev–Trinajstić information content (AvgIpc) is 2.41. The first-order chi connectivity index (χ1) is 8.66. The molecule has 1 heterocycles. The van der Waals surface area contributed by atoms with Crippen molar-refractivity contribution in [2.24, 2.45) is 0 Å². The van der Waals surface area contributed by atoms with Crippen LogP contribution in [0.15, 0.2) is 28.7 Å². The quantitative estimate of drug-likeness (QED) is 0.872. The molecule has 98 valence electrons. The number of esters is 1. The molecule has 1 N–H and O–H groups in total. The Balaban J connectivity index is 2.19. The van der Waals surface area contributed by atoms with Crippen LogP contribution < -0.4 is 5.32 Å². The van der Waals surface area contributed by atoms with Crippen molar-refractivity contribution < 1.29 is 9.53 Å². The monoisotopic (exact) mass is 311 g/mol. The van der Waals surface area contributed by atoms with Crippen molar-refractivity contribution in [3.8, 4) is 0 Å². The first-order valence-electron chi connectivity index (χ1n) is 6.24. The topological polar surface area (TPSA) is 38.3 Å². The van der Waals surface area contributed by atoms with Crippen molar-refractivity contribution in [2.45, 2.75) is 31.2 Å². The summed E-state index contributed by atoms with van der Waals surface area (Å²) in [6, 6.07) is 8.10. The summed E-state index contributed by atoms with van der Waals surface area (Å²) >= 11 is 3.42. The standard InChI is InChI=1S/C14H18BrNO2/c1-18-13(17)14(8-2-3-9-16-14)10-11-4-6-12(15)7-5-11/h4-7,16H,2-3,8-10H2,1H3. The highest BCUT2D eigenvalue weighted by atomic mass is 79.9. The number of nitrogens with one attached hydrogen (secondary N) is 1. The van der Waals surface area contributed by atoms with Gasteiger partial charge in [0.25, 0.3) is 0 Å². The summed E-state index contributed by atoms with van der Waals surface area (Å²) in [4.78, 5) is 12.1. The Morgan fingerprint density at radius 2 is 2.11 bits per heavy atom. The van der Waals surface area contributed by atoms with Crippen LogP contribution >= 0.6 is 15.9 Å². The molecule has 0 aliphatic carbocycles. The maximum Gasteiger partial charge on any atom is 0.326 e. The molecule has 3 nitrogen and oxygen atoms in total. The predicted molar refractivity (Wildman–Crippen MR) is 74.4 cm³/mol. The Labute approximate surface area is 116 Å². The number of piperidine rings is 1. The lowest BCUT2D eigenvalue weighted by molar-refractivity contribution is -0.149. The number of carbonyl (C=O) groups is 1. The van der Waals surface area contributed by atoms with Gasteiger partial charge in [-0.05, 0) is 43.5 Å². The number of hydrogen-bond donors (Lipinski definition) is 1. The Bertz CT molecular complexity index is 410. The van der Waals surface area contributed by atoms with Crippen molar-refractivity contribution in [2.75, 3.05) is 13.7 Å². The number of carbonyl (C=O) groups excluding carboxylic acids is 1. The zero-order valence-electron chi connectivity index (χ0n) is 10.5. The van der Waals surface area contributed by atoms with E-state index in [1.54, 1.807) is 0 Å². The molecule has 1 saturated heterocycles. The van der Waals surface area contributed by atoms with Crippen LogP contribution in [0.4, 0.5) is 0 Å². The zero-order chi connectivity index (χ0) is 13.0. The van der Waals surface area contributed by atoms with Gasteiger partial charge in [0, 0.05) is 10.9 Å². The highest BCUT2D eigenvalue weighted by molar-refractivity contribution is 9.10. The van der Waals surface area contributed by atoms with Crippen molar-refractivity contribution >= 4 is 21.9 Å². The lowest BCUT2D eigenvalue weighted by Gasteiger charge is -2.35. The Kier molecular flexibility index (Phi) is 4.40. The van der Waals surface area contributed by atoms with Crippen LogP contribution in [-0.2, 0) is 16.0 Å². The fourth-order valence-electron chi connectivity index (χ4n) is 2.51. The molecule has 1 aliphatic heterocycles. The molecule has 2 rings (SSSR count). The third-order valence-electron chi connectivity index (χ3n) is 3.49. The summed E-state index contributed by atoms with van der Waals surface area (Å²) in [5.41, 5.74) is 0.610. The molecule has 0 aromatic heterocycles. The van der Waals surface area contributed by atoms with Crippen LogP contribution in [0.5, 0.6) is 0 Å². The molecule has 1 aromatic rings. The van der Waals surface area contributed by atoms with E-state index in [0.29, 0.717) is 6.42 Å². The molecular formula is C14H18BrNO2. The van der Waals surface area contributed by atoms with Crippen molar-refractivity contribution in [1.29, 1.82) is 0 Å². The van der Waals surface area contributed by atoms with Gasteiger partial charge in [0.05, 0.1) is 7.11 Å². The molecule has 1 fully saturated rings. The van der Waals surface area contributed by atoms with E-state index in [9.17, 15) is 4.79 Å². The summed E-state index contributed by atoms with van der Waals surface area (Å²) < 4.78 is 6.03. The molecule has 1 atom stereocenters. The largest absolute Gasteiger partial charge is 0.468 e. The molecule has 1 aromatic carbocycles. The summed E-state index contributed by atoms with van der Waals surface area (Å²) in [7, 11) is 1.46. The number of halogens is 1. The smallest absolute Gasteiger partial charge is 0.326 e. The van der Waals surface area contributed by atoms with E-state index in [-0.39, 0.29) is 5.97 Å². The first-order valence-corrected chi connectivity index (χ1v) is 7.03. The molecule has 0 amide bonds. The predicted octanol–water partition coefficient (Wildman–Crippen LogP) is 2.68. The number of ether oxygens (including phenoxy) is 1. The van der Waals surface area contributed by atoms with Gasteiger partial charge in [-0.25, -0.2) is 0 Å². The highest BCUT2D eigenvalue weighted by Crippen LogP contribution is 2.26. The zero-order valence-corrected chi connectivity index (χ0v) is 12.1. The van der Waals surface area contributed by atoms with E-state index in [0.717, 1.165) is 35.8 Å². The second kappa shape index (κ2) is 5.85. The second-order valence-electron chi connectivity index (χ2n) is 4.76. The number of benzene rings is 1. The van der Waals surface area contributed by atoms with E-state index < -0.39 is 5.54 Å². The summed E-state index contributed by atoms with van der Waals surface area (Å²) in [5, 5.41) is 3.36. The molecule has 0 saturated carbocycles. The maximum absolute atomic E-state index is 12.1. The molecule has 1 aliphatic rings. The van der Waals surface area contributed by atoms with Crippen LogP contribution in [0.2, 0.25) is 0 Å². The third-order valence-corrected chi connectivity index (χ3v) is 4.02. The lowest BCUT2D eigenvalue weighted by Crippen LogP contribution is -2.56. The van der Waals surface area contributed by atoms with Crippen LogP contribution in [0.3, 0.4) is 0 Å². The van der Waals surface area contributed by atoms with Gasteiger partial charge in [0.2, 0.25) is 0 Å². The second-order valence-corrected chi connectivity index (χ2v) is 5.68. The first kappa shape index (κ1) is 13.6. The Morgan fingerprint density at radius 1 is 1.39 bits per heavy atom. The highest BCUT2D eigenvalue weighted by Gasteiger charge is 2.40. The Morgan fingerprint density at radius 3 is 2.67 bits per heavy atom. The molecule has 0 spiro atoms. The van der Waals surface area contributed by atoms with Crippen molar-refractivity contribution in [1.82, 2.24) is 5.32 Å². The molecular weight excluding hydrogens is 294 g/mol. The van der Waals surface area contributed by atoms with Crippen molar-refractivity contribution in [3.63, 3.8) is 0 Å². The molecule has 18 heavy (non-hydrogen) atoms. The summed E-state index contributed by atoms with van der Waals surface area (Å²) in [6.45, 7) is 0.881. The lowest BCUT2D eigenvalue weighted by atomic mass is 9.83. The molecule has 4 heteroatoms. The third kappa shape index (κ3) is 2.93.